The lowest BCUT2D eigenvalue weighted by Gasteiger charge is -2.32. The van der Waals surface area contributed by atoms with Crippen LogP contribution in [-0.4, -0.2) is 38.1 Å². The van der Waals surface area contributed by atoms with Gasteiger partial charge in [-0.25, -0.2) is 0 Å². The van der Waals surface area contributed by atoms with Gasteiger partial charge in [0.2, 0.25) is 5.91 Å². The number of halogens is 2. The molecule has 0 spiro atoms. The first-order valence-electron chi connectivity index (χ1n) is 9.19. The van der Waals surface area contributed by atoms with Crippen LogP contribution in [0.5, 0.6) is 11.5 Å². The predicted octanol–water partition coefficient (Wildman–Crippen LogP) is 4.86. The molecule has 2 aromatic rings. The van der Waals surface area contributed by atoms with Gasteiger partial charge in [0.25, 0.3) is 0 Å². The third-order valence-electron chi connectivity index (χ3n) is 4.95. The summed E-state index contributed by atoms with van der Waals surface area (Å²) in [5, 5.41) is 4.27. The molecule has 0 aliphatic carbocycles. The topological polar surface area (TPSA) is 50.8 Å². The fourth-order valence-electron chi connectivity index (χ4n) is 3.45. The number of nitrogens with zero attached hydrogens (tertiary/aromatic N) is 1. The predicted molar refractivity (Wildman–Crippen MR) is 113 cm³/mol. The Balaban J connectivity index is 1.66. The fourth-order valence-corrected chi connectivity index (χ4v) is 3.92. The van der Waals surface area contributed by atoms with E-state index in [4.69, 9.17) is 32.7 Å². The van der Waals surface area contributed by atoms with Crippen LogP contribution in [-0.2, 0) is 11.3 Å². The zero-order valence-electron chi connectivity index (χ0n) is 16.0. The maximum Gasteiger partial charge on any atom is 0.228 e. The van der Waals surface area contributed by atoms with Crippen LogP contribution in [0.3, 0.4) is 0 Å². The molecule has 1 atom stereocenters. The van der Waals surface area contributed by atoms with E-state index in [1.807, 2.05) is 12.1 Å². The highest BCUT2D eigenvalue weighted by molar-refractivity contribution is 6.35. The number of ether oxygens (including phenoxy) is 2. The molecule has 3 rings (SSSR count). The first-order valence-corrected chi connectivity index (χ1v) is 9.95. The van der Waals surface area contributed by atoms with Crippen molar-refractivity contribution in [3.8, 4) is 11.5 Å². The van der Waals surface area contributed by atoms with Crippen LogP contribution in [0.25, 0.3) is 0 Å². The van der Waals surface area contributed by atoms with Gasteiger partial charge in [0.15, 0.2) is 0 Å². The number of carbonyl (C=O) groups is 1. The van der Waals surface area contributed by atoms with Crippen molar-refractivity contribution >= 4 is 34.8 Å². The summed E-state index contributed by atoms with van der Waals surface area (Å²) in [5.74, 6) is 1.16. The van der Waals surface area contributed by atoms with Crippen molar-refractivity contribution in [3.05, 3.63) is 52.0 Å². The van der Waals surface area contributed by atoms with Crippen LogP contribution in [0, 0.1) is 5.92 Å². The van der Waals surface area contributed by atoms with Crippen molar-refractivity contribution in [2.24, 2.45) is 5.92 Å². The summed E-state index contributed by atoms with van der Waals surface area (Å²) in [6.07, 6.45) is 1.81. The van der Waals surface area contributed by atoms with Crippen molar-refractivity contribution in [2.45, 2.75) is 19.4 Å². The molecule has 1 fully saturated rings. The number of carbonyl (C=O) groups excluding carboxylic acids is 1. The molecule has 0 radical (unpaired) electrons. The highest BCUT2D eigenvalue weighted by Crippen LogP contribution is 2.30. The third kappa shape index (κ3) is 5.10. The van der Waals surface area contributed by atoms with Gasteiger partial charge in [-0.2, -0.15) is 0 Å². The van der Waals surface area contributed by atoms with Gasteiger partial charge < -0.3 is 14.8 Å². The Kier molecular flexibility index (Phi) is 7.05. The Labute approximate surface area is 175 Å². The van der Waals surface area contributed by atoms with E-state index < -0.39 is 0 Å². The van der Waals surface area contributed by atoms with E-state index in [1.165, 1.54) is 0 Å². The minimum absolute atomic E-state index is 0.0153. The molecule has 0 unspecified atom stereocenters. The van der Waals surface area contributed by atoms with Gasteiger partial charge in [0, 0.05) is 29.2 Å². The molecule has 1 aliphatic heterocycles. The Hall–Kier alpha value is -1.95. The number of hydrogen-bond donors (Lipinski definition) is 1. The number of likely N-dealkylation sites (tertiary alicyclic amines) is 1. The summed E-state index contributed by atoms with van der Waals surface area (Å²) >= 11 is 12.3. The SMILES string of the molecule is COc1ccc(OC)c(NC(=O)[C@H]2CCCN(Cc3ccc(Cl)cc3Cl)C2)c1. The van der Waals surface area contributed by atoms with E-state index in [1.54, 1.807) is 38.5 Å². The molecule has 0 aromatic heterocycles. The second-order valence-electron chi connectivity index (χ2n) is 6.87. The lowest BCUT2D eigenvalue weighted by atomic mass is 9.96. The molecule has 1 heterocycles. The molecule has 1 aliphatic rings. The molecule has 150 valence electrons. The molecule has 1 saturated heterocycles. The Bertz CT molecular complexity index is 844. The van der Waals surface area contributed by atoms with Crippen molar-refractivity contribution in [1.29, 1.82) is 0 Å². The number of anilines is 1. The van der Waals surface area contributed by atoms with Crippen LogP contribution >= 0.6 is 23.2 Å². The number of hydrogen-bond acceptors (Lipinski definition) is 4. The smallest absolute Gasteiger partial charge is 0.228 e. The van der Waals surface area contributed by atoms with E-state index in [0.29, 0.717) is 40.3 Å². The van der Waals surface area contributed by atoms with E-state index in [0.717, 1.165) is 24.9 Å². The molecular weight excluding hydrogens is 399 g/mol. The van der Waals surface area contributed by atoms with Crippen molar-refractivity contribution in [3.63, 3.8) is 0 Å². The van der Waals surface area contributed by atoms with Crippen LogP contribution in [0.1, 0.15) is 18.4 Å². The maximum absolute atomic E-state index is 12.9. The lowest BCUT2D eigenvalue weighted by molar-refractivity contribution is -0.121. The monoisotopic (exact) mass is 422 g/mol. The molecule has 1 amide bonds. The van der Waals surface area contributed by atoms with E-state index in [9.17, 15) is 4.79 Å². The standard InChI is InChI=1S/C21H24Cl2N2O3/c1-27-17-7-8-20(28-2)19(11-17)24-21(26)15-4-3-9-25(13-15)12-14-5-6-16(22)10-18(14)23/h5-8,10-11,15H,3-4,9,12-13H2,1-2H3,(H,24,26)/t15-/m0/s1. The summed E-state index contributed by atoms with van der Waals surface area (Å²) in [6, 6.07) is 10.9. The van der Waals surface area contributed by atoms with Crippen LogP contribution in [0.4, 0.5) is 5.69 Å². The number of amides is 1. The molecule has 7 heteroatoms. The lowest BCUT2D eigenvalue weighted by Crippen LogP contribution is -2.40. The maximum atomic E-state index is 12.9. The van der Waals surface area contributed by atoms with E-state index >= 15 is 0 Å². The summed E-state index contributed by atoms with van der Waals surface area (Å²) in [6.45, 7) is 2.31. The molecular formula is C21H24Cl2N2O3. The second-order valence-corrected chi connectivity index (χ2v) is 7.71. The summed E-state index contributed by atoms with van der Waals surface area (Å²) < 4.78 is 10.6. The second kappa shape index (κ2) is 9.50. The van der Waals surface area contributed by atoms with Gasteiger partial charge in [-0.3, -0.25) is 9.69 Å². The Morgan fingerprint density at radius 2 is 2.00 bits per heavy atom. The van der Waals surface area contributed by atoms with Crippen LogP contribution in [0.15, 0.2) is 36.4 Å². The van der Waals surface area contributed by atoms with Crippen molar-refractivity contribution < 1.29 is 14.3 Å². The summed E-state index contributed by atoms with van der Waals surface area (Å²) in [5.41, 5.74) is 1.63. The van der Waals surface area contributed by atoms with Crippen molar-refractivity contribution in [2.75, 3.05) is 32.6 Å². The third-order valence-corrected chi connectivity index (χ3v) is 5.54. The number of nitrogens with one attached hydrogen (secondary N) is 1. The molecule has 1 N–H and O–H groups in total. The van der Waals surface area contributed by atoms with Gasteiger partial charge in [0.05, 0.1) is 25.8 Å². The highest BCUT2D eigenvalue weighted by Gasteiger charge is 2.27. The van der Waals surface area contributed by atoms with Gasteiger partial charge in [0.1, 0.15) is 11.5 Å². The first kappa shape index (κ1) is 20.8. The normalized spacial score (nSPS) is 17.2. The minimum Gasteiger partial charge on any atom is -0.497 e. The molecule has 0 saturated carbocycles. The highest BCUT2D eigenvalue weighted by atomic mass is 35.5. The Morgan fingerprint density at radius 3 is 2.71 bits per heavy atom. The van der Waals surface area contributed by atoms with Crippen LogP contribution < -0.4 is 14.8 Å². The average Bonchev–Trinajstić information content (AvgIpc) is 2.70. The largest absolute Gasteiger partial charge is 0.497 e. The zero-order chi connectivity index (χ0) is 20.1. The van der Waals surface area contributed by atoms with Gasteiger partial charge in [-0.05, 0) is 49.2 Å². The minimum atomic E-state index is -0.101. The van der Waals surface area contributed by atoms with Gasteiger partial charge in [-0.15, -0.1) is 0 Å². The van der Waals surface area contributed by atoms with Gasteiger partial charge in [-0.1, -0.05) is 29.3 Å². The zero-order valence-corrected chi connectivity index (χ0v) is 17.5. The molecule has 5 nitrogen and oxygen atoms in total. The quantitative estimate of drug-likeness (QED) is 0.721. The fraction of sp³-hybridized carbons (Fsp3) is 0.381. The van der Waals surface area contributed by atoms with Crippen LogP contribution in [0.2, 0.25) is 10.0 Å². The number of benzene rings is 2. The van der Waals surface area contributed by atoms with Crippen molar-refractivity contribution in [1.82, 2.24) is 4.90 Å². The summed E-state index contributed by atoms with van der Waals surface area (Å²) in [4.78, 5) is 15.1. The van der Waals surface area contributed by atoms with Gasteiger partial charge >= 0.3 is 0 Å². The van der Waals surface area contributed by atoms with E-state index in [-0.39, 0.29) is 11.8 Å². The Morgan fingerprint density at radius 1 is 1.18 bits per heavy atom. The van der Waals surface area contributed by atoms with E-state index in [2.05, 4.69) is 10.2 Å². The molecule has 28 heavy (non-hydrogen) atoms. The first-order chi connectivity index (χ1) is 13.5. The molecule has 0 bridgehead atoms. The number of methoxy groups -OCH3 is 2. The average molecular weight is 423 g/mol. The molecule has 2 aromatic carbocycles. The number of piperidine rings is 1. The summed E-state index contributed by atoms with van der Waals surface area (Å²) in [7, 11) is 3.17. The number of rotatable bonds is 6.